The van der Waals surface area contributed by atoms with Crippen molar-refractivity contribution in [3.63, 3.8) is 0 Å². The monoisotopic (exact) mass is 242 g/mol. The molecule has 0 amide bonds. The molecule has 4 nitrogen and oxygen atoms in total. The number of hydrogen-bond donors (Lipinski definition) is 2. The van der Waals surface area contributed by atoms with Crippen molar-refractivity contribution in [3.05, 3.63) is 0 Å². The number of nitrogens with one attached hydrogen (secondary N) is 1. The topological polar surface area (TPSA) is 52.6 Å². The van der Waals surface area contributed by atoms with E-state index >= 15 is 0 Å². The molecule has 1 fully saturated rings. The van der Waals surface area contributed by atoms with Crippen LogP contribution in [0, 0.1) is 5.92 Å². The number of carbonyl (C=O) groups is 1. The largest absolute Gasteiger partial charge is 0.480 e. The van der Waals surface area contributed by atoms with Crippen molar-refractivity contribution in [2.45, 2.75) is 45.1 Å². The maximum Gasteiger partial charge on any atom is 0.323 e. The number of unbranched alkanes of at least 4 members (excludes halogenated alkanes) is 1. The minimum atomic E-state index is -0.766. The highest BCUT2D eigenvalue weighted by Gasteiger charge is 2.30. The Kier molecular flexibility index (Phi) is 5.40. The molecule has 0 radical (unpaired) electrons. The predicted octanol–water partition coefficient (Wildman–Crippen LogP) is 1.56. The number of rotatable bonds is 7. The molecule has 0 spiro atoms. The van der Waals surface area contributed by atoms with Gasteiger partial charge in [-0.1, -0.05) is 6.92 Å². The van der Waals surface area contributed by atoms with Crippen LogP contribution in [0.1, 0.15) is 39.5 Å². The molecule has 0 saturated carbocycles. The zero-order chi connectivity index (χ0) is 12.9. The van der Waals surface area contributed by atoms with Crippen LogP contribution >= 0.6 is 0 Å². The summed E-state index contributed by atoms with van der Waals surface area (Å²) in [5.74, 6) is 0.0754. The molecule has 17 heavy (non-hydrogen) atoms. The van der Waals surface area contributed by atoms with E-state index in [2.05, 4.69) is 17.1 Å². The van der Waals surface area contributed by atoms with E-state index in [4.69, 9.17) is 5.11 Å². The summed E-state index contributed by atoms with van der Waals surface area (Å²) in [5, 5.41) is 12.0. The summed E-state index contributed by atoms with van der Waals surface area (Å²) in [5.41, 5.74) is -0.766. The molecular weight excluding hydrogens is 216 g/mol. The van der Waals surface area contributed by atoms with Crippen molar-refractivity contribution < 1.29 is 9.90 Å². The van der Waals surface area contributed by atoms with Crippen LogP contribution in [0.2, 0.25) is 0 Å². The molecule has 1 saturated heterocycles. The van der Waals surface area contributed by atoms with E-state index in [9.17, 15) is 4.79 Å². The van der Waals surface area contributed by atoms with Gasteiger partial charge in [0.2, 0.25) is 0 Å². The highest BCUT2D eigenvalue weighted by atomic mass is 16.4. The van der Waals surface area contributed by atoms with Gasteiger partial charge in [0.25, 0.3) is 0 Å². The average Bonchev–Trinajstić information content (AvgIpc) is 2.70. The molecule has 0 bridgehead atoms. The first-order chi connectivity index (χ1) is 7.98. The van der Waals surface area contributed by atoms with Gasteiger partial charge >= 0.3 is 5.97 Å². The molecule has 2 unspecified atom stereocenters. The lowest BCUT2D eigenvalue weighted by atomic mass is 9.95. The molecule has 1 aliphatic heterocycles. The van der Waals surface area contributed by atoms with E-state index in [1.165, 1.54) is 19.5 Å². The molecule has 100 valence electrons. The standard InChI is InChI=1S/C13H26N2O2/c1-11-6-9-15(10-11)8-5-4-7-13(2,14-3)12(16)17/h11,14H,4-10H2,1-3H3,(H,16,17). The Morgan fingerprint density at radius 1 is 1.53 bits per heavy atom. The SMILES string of the molecule is CNC(C)(CCCCN1CCC(C)C1)C(=O)O. The third-order valence-corrected chi connectivity index (χ3v) is 3.93. The first kappa shape index (κ1) is 14.5. The minimum Gasteiger partial charge on any atom is -0.480 e. The van der Waals surface area contributed by atoms with Gasteiger partial charge in [0.1, 0.15) is 5.54 Å². The van der Waals surface area contributed by atoms with Crippen molar-refractivity contribution in [2.75, 3.05) is 26.7 Å². The van der Waals surface area contributed by atoms with Gasteiger partial charge in [-0.3, -0.25) is 4.79 Å². The third kappa shape index (κ3) is 4.28. The smallest absolute Gasteiger partial charge is 0.323 e. The van der Waals surface area contributed by atoms with Crippen LogP contribution in [0.5, 0.6) is 0 Å². The molecule has 0 aliphatic carbocycles. The number of hydrogen-bond acceptors (Lipinski definition) is 3. The highest BCUT2D eigenvalue weighted by molar-refractivity contribution is 5.78. The van der Waals surface area contributed by atoms with Gasteiger partial charge in [-0.25, -0.2) is 0 Å². The molecule has 0 aromatic rings. The molecule has 2 N–H and O–H groups in total. The quantitative estimate of drug-likeness (QED) is 0.665. The predicted molar refractivity (Wildman–Crippen MR) is 69.2 cm³/mol. The Morgan fingerprint density at radius 3 is 2.71 bits per heavy atom. The molecular formula is C13H26N2O2. The van der Waals surface area contributed by atoms with Gasteiger partial charge in [0, 0.05) is 6.54 Å². The lowest BCUT2D eigenvalue weighted by Crippen LogP contribution is -2.47. The van der Waals surface area contributed by atoms with Crippen molar-refractivity contribution in [1.29, 1.82) is 0 Å². The fraction of sp³-hybridized carbons (Fsp3) is 0.923. The number of carboxylic acid groups (broad SMARTS) is 1. The molecule has 0 aromatic heterocycles. The lowest BCUT2D eigenvalue weighted by molar-refractivity contribution is -0.144. The maximum atomic E-state index is 11.1. The number of likely N-dealkylation sites (N-methyl/N-ethyl adjacent to an activating group) is 1. The van der Waals surface area contributed by atoms with Crippen LogP contribution in [-0.4, -0.2) is 48.2 Å². The van der Waals surface area contributed by atoms with E-state index in [0.717, 1.165) is 25.3 Å². The van der Waals surface area contributed by atoms with Crippen molar-refractivity contribution in [2.24, 2.45) is 5.92 Å². The van der Waals surface area contributed by atoms with Gasteiger partial charge in [0.15, 0.2) is 0 Å². The summed E-state index contributed by atoms with van der Waals surface area (Å²) in [6, 6.07) is 0. The van der Waals surface area contributed by atoms with E-state index in [1.54, 1.807) is 14.0 Å². The second-order valence-electron chi connectivity index (χ2n) is 5.54. The van der Waals surface area contributed by atoms with Crippen LogP contribution in [0.3, 0.4) is 0 Å². The van der Waals surface area contributed by atoms with E-state index < -0.39 is 11.5 Å². The van der Waals surface area contributed by atoms with Gasteiger partial charge in [0.05, 0.1) is 0 Å². The summed E-state index contributed by atoms with van der Waals surface area (Å²) >= 11 is 0. The van der Waals surface area contributed by atoms with E-state index in [0.29, 0.717) is 6.42 Å². The van der Waals surface area contributed by atoms with Crippen LogP contribution in [0.25, 0.3) is 0 Å². The zero-order valence-corrected chi connectivity index (χ0v) is 11.3. The van der Waals surface area contributed by atoms with Gasteiger partial charge in [-0.15, -0.1) is 0 Å². The number of aliphatic carboxylic acids is 1. The first-order valence-corrected chi connectivity index (χ1v) is 6.62. The molecule has 0 aromatic carbocycles. The number of nitrogens with zero attached hydrogens (tertiary/aromatic N) is 1. The molecule has 1 rings (SSSR count). The Labute approximate surface area is 104 Å². The zero-order valence-electron chi connectivity index (χ0n) is 11.3. The lowest BCUT2D eigenvalue weighted by Gasteiger charge is -2.24. The molecule has 2 atom stereocenters. The second-order valence-corrected chi connectivity index (χ2v) is 5.54. The van der Waals surface area contributed by atoms with Crippen LogP contribution in [-0.2, 0) is 4.79 Å². The molecule has 1 heterocycles. The minimum absolute atomic E-state index is 0.697. The fourth-order valence-electron chi connectivity index (χ4n) is 2.38. The van der Waals surface area contributed by atoms with Crippen LogP contribution in [0.4, 0.5) is 0 Å². The van der Waals surface area contributed by atoms with Gasteiger partial charge in [-0.05, 0) is 58.7 Å². The van der Waals surface area contributed by atoms with Crippen molar-refractivity contribution >= 4 is 5.97 Å². The summed E-state index contributed by atoms with van der Waals surface area (Å²) in [6.07, 6.45) is 4.07. The molecule has 4 heteroatoms. The van der Waals surface area contributed by atoms with Crippen molar-refractivity contribution in [1.82, 2.24) is 10.2 Å². The third-order valence-electron chi connectivity index (χ3n) is 3.93. The van der Waals surface area contributed by atoms with Crippen LogP contribution < -0.4 is 5.32 Å². The number of carboxylic acids is 1. The average molecular weight is 242 g/mol. The van der Waals surface area contributed by atoms with E-state index in [1.807, 2.05) is 0 Å². The summed E-state index contributed by atoms with van der Waals surface area (Å²) in [6.45, 7) is 7.59. The summed E-state index contributed by atoms with van der Waals surface area (Å²) in [4.78, 5) is 13.6. The Hall–Kier alpha value is -0.610. The number of likely N-dealkylation sites (tertiary alicyclic amines) is 1. The van der Waals surface area contributed by atoms with Gasteiger partial charge < -0.3 is 15.3 Å². The van der Waals surface area contributed by atoms with Crippen molar-refractivity contribution in [3.8, 4) is 0 Å². The Morgan fingerprint density at radius 2 is 2.24 bits per heavy atom. The first-order valence-electron chi connectivity index (χ1n) is 6.62. The van der Waals surface area contributed by atoms with Gasteiger partial charge in [-0.2, -0.15) is 0 Å². The Bertz CT molecular complexity index is 258. The maximum absolute atomic E-state index is 11.1. The second kappa shape index (κ2) is 6.36. The summed E-state index contributed by atoms with van der Waals surface area (Å²) < 4.78 is 0. The van der Waals surface area contributed by atoms with E-state index in [-0.39, 0.29) is 0 Å². The Balaban J connectivity index is 2.17. The molecule has 1 aliphatic rings. The van der Waals surface area contributed by atoms with Crippen LogP contribution in [0.15, 0.2) is 0 Å². The fourth-order valence-corrected chi connectivity index (χ4v) is 2.38. The summed E-state index contributed by atoms with van der Waals surface area (Å²) in [7, 11) is 1.72. The highest BCUT2D eigenvalue weighted by Crippen LogP contribution is 2.17. The normalized spacial score (nSPS) is 24.8.